The maximum Gasteiger partial charge on any atom is 0.239 e. The van der Waals surface area contributed by atoms with Crippen LogP contribution >= 0.6 is 0 Å². The predicted octanol–water partition coefficient (Wildman–Crippen LogP) is 6.58. The number of rotatable bonds is 10. The topological polar surface area (TPSA) is 36.9 Å². The van der Waals surface area contributed by atoms with Crippen LogP contribution in [0.1, 0.15) is 107 Å². The Hall–Kier alpha value is -0.160. The summed E-state index contributed by atoms with van der Waals surface area (Å²) >= 11 is 0. The number of hydrogen-bond acceptors (Lipinski definition) is 4. The van der Waals surface area contributed by atoms with Gasteiger partial charge in [-0.15, -0.1) is 0 Å². The van der Waals surface area contributed by atoms with Gasteiger partial charge in [-0.2, -0.15) is 9.78 Å². The van der Waals surface area contributed by atoms with E-state index in [0.717, 1.165) is 38.5 Å². The van der Waals surface area contributed by atoms with E-state index >= 15 is 0 Å². The highest BCUT2D eigenvalue weighted by Gasteiger charge is 2.56. The van der Waals surface area contributed by atoms with Gasteiger partial charge in [-0.3, -0.25) is 0 Å². The molecule has 0 heterocycles. The van der Waals surface area contributed by atoms with Gasteiger partial charge in [0.1, 0.15) is 11.2 Å². The molecule has 0 N–H and O–H groups in total. The van der Waals surface area contributed by atoms with Gasteiger partial charge in [0.2, 0.25) is 5.79 Å². The maximum atomic E-state index is 6.14. The van der Waals surface area contributed by atoms with Crippen LogP contribution in [-0.4, -0.2) is 17.0 Å². The Labute approximate surface area is 155 Å². The molecule has 25 heavy (non-hydrogen) atoms. The van der Waals surface area contributed by atoms with E-state index in [1.807, 2.05) is 0 Å². The molecule has 0 saturated heterocycles. The fourth-order valence-electron chi connectivity index (χ4n) is 3.08. The van der Waals surface area contributed by atoms with Crippen LogP contribution < -0.4 is 0 Å². The number of hydrogen-bond donors (Lipinski definition) is 0. The van der Waals surface area contributed by atoms with Crippen molar-refractivity contribution in [2.24, 2.45) is 11.3 Å². The van der Waals surface area contributed by atoms with Gasteiger partial charge >= 0.3 is 0 Å². The molecule has 0 bridgehead atoms. The van der Waals surface area contributed by atoms with Crippen molar-refractivity contribution in [2.45, 2.75) is 124 Å². The van der Waals surface area contributed by atoms with Crippen LogP contribution in [0.5, 0.6) is 0 Å². The van der Waals surface area contributed by atoms with Crippen molar-refractivity contribution < 1.29 is 19.6 Å². The lowest BCUT2D eigenvalue weighted by atomic mass is 9.65. The van der Waals surface area contributed by atoms with E-state index in [1.54, 1.807) is 0 Å². The second-order valence-corrected chi connectivity index (χ2v) is 8.92. The summed E-state index contributed by atoms with van der Waals surface area (Å²) in [6, 6.07) is 0. The van der Waals surface area contributed by atoms with Gasteiger partial charge < -0.3 is 0 Å². The Morgan fingerprint density at radius 2 is 1.24 bits per heavy atom. The maximum absolute atomic E-state index is 6.14. The fourth-order valence-corrected chi connectivity index (χ4v) is 3.08. The van der Waals surface area contributed by atoms with Gasteiger partial charge in [0, 0.05) is 11.8 Å². The van der Waals surface area contributed by atoms with E-state index < -0.39 is 5.79 Å². The summed E-state index contributed by atoms with van der Waals surface area (Å²) in [5.41, 5.74) is -0.839. The monoisotopic (exact) mass is 358 g/mol. The molecule has 0 amide bonds. The molecule has 4 heteroatoms. The zero-order chi connectivity index (χ0) is 19.4. The molecule has 1 atom stereocenters. The van der Waals surface area contributed by atoms with Gasteiger partial charge in [0.25, 0.3) is 0 Å². The van der Waals surface area contributed by atoms with E-state index in [1.165, 1.54) is 6.42 Å². The smallest absolute Gasteiger partial charge is 0.227 e. The van der Waals surface area contributed by atoms with Crippen LogP contribution in [0.2, 0.25) is 0 Å². The van der Waals surface area contributed by atoms with Gasteiger partial charge in [-0.1, -0.05) is 48.5 Å². The van der Waals surface area contributed by atoms with Gasteiger partial charge in [-0.05, 0) is 58.3 Å². The van der Waals surface area contributed by atoms with Crippen LogP contribution in [0.15, 0.2) is 0 Å². The van der Waals surface area contributed by atoms with Crippen LogP contribution in [0.3, 0.4) is 0 Å². The molecule has 0 aliphatic heterocycles. The quantitative estimate of drug-likeness (QED) is 0.251. The molecule has 150 valence electrons. The summed E-state index contributed by atoms with van der Waals surface area (Å²) in [6.07, 6.45) is 6.53. The molecule has 4 nitrogen and oxygen atoms in total. The minimum atomic E-state index is -0.887. The molecule has 0 aromatic rings. The molecule has 0 aromatic heterocycles. The molecule has 1 aliphatic carbocycles. The lowest BCUT2D eigenvalue weighted by Gasteiger charge is -2.51. The third-order valence-corrected chi connectivity index (χ3v) is 7.10. The SMILES string of the molecule is CCC(C)(CC)OOC1(OOC(C)(CC)CC)CCCC(C)C1(C)C. The summed E-state index contributed by atoms with van der Waals surface area (Å²) in [4.78, 5) is 24.2. The first-order chi connectivity index (χ1) is 11.5. The van der Waals surface area contributed by atoms with Crippen LogP contribution in [0, 0.1) is 11.3 Å². The summed E-state index contributed by atoms with van der Waals surface area (Å²) in [5, 5.41) is 0. The summed E-state index contributed by atoms with van der Waals surface area (Å²) in [6.45, 7) is 19.3. The van der Waals surface area contributed by atoms with Gasteiger partial charge in [-0.25, -0.2) is 9.78 Å². The second kappa shape index (κ2) is 8.69. The van der Waals surface area contributed by atoms with E-state index in [0.29, 0.717) is 5.92 Å². The van der Waals surface area contributed by atoms with E-state index in [-0.39, 0.29) is 16.6 Å². The van der Waals surface area contributed by atoms with E-state index in [2.05, 4.69) is 62.3 Å². The van der Waals surface area contributed by atoms with Crippen molar-refractivity contribution >= 4 is 0 Å². The molecule has 1 saturated carbocycles. The predicted molar refractivity (Wildman–Crippen MR) is 102 cm³/mol. The Morgan fingerprint density at radius 3 is 1.60 bits per heavy atom. The largest absolute Gasteiger partial charge is 0.239 e. The molecule has 1 rings (SSSR count). The van der Waals surface area contributed by atoms with Crippen molar-refractivity contribution in [2.75, 3.05) is 0 Å². The summed E-state index contributed by atoms with van der Waals surface area (Å²) < 4.78 is 0. The zero-order valence-corrected chi connectivity index (χ0v) is 18.2. The molecule has 0 spiro atoms. The van der Waals surface area contributed by atoms with Crippen molar-refractivity contribution in [3.05, 3.63) is 0 Å². The molecule has 0 aromatic carbocycles. The first-order valence-electron chi connectivity index (χ1n) is 10.3. The normalized spacial score (nSPS) is 23.6. The standard InChI is InChI=1S/C21H42O4/c1-10-19(8,11-2)22-24-21(25-23-20(9,12-3)13-4)16-14-15-17(5)18(21,6)7/h17H,10-16H2,1-9H3. The van der Waals surface area contributed by atoms with Crippen molar-refractivity contribution in [3.8, 4) is 0 Å². The highest BCUT2D eigenvalue weighted by molar-refractivity contribution is 4.94. The van der Waals surface area contributed by atoms with E-state index in [9.17, 15) is 0 Å². The van der Waals surface area contributed by atoms with Crippen molar-refractivity contribution in [1.82, 2.24) is 0 Å². The molecule has 0 radical (unpaired) electrons. The second-order valence-electron chi connectivity index (χ2n) is 8.92. The lowest BCUT2D eigenvalue weighted by molar-refractivity contribution is -0.572. The molecular weight excluding hydrogens is 316 g/mol. The minimum absolute atomic E-state index is 0.212. The average molecular weight is 359 g/mol. The molecular formula is C21H42O4. The minimum Gasteiger partial charge on any atom is -0.227 e. The fraction of sp³-hybridized carbons (Fsp3) is 1.00. The Bertz CT molecular complexity index is 375. The van der Waals surface area contributed by atoms with Gasteiger partial charge in [0.05, 0.1) is 0 Å². The molecule has 1 unspecified atom stereocenters. The van der Waals surface area contributed by atoms with E-state index in [4.69, 9.17) is 19.6 Å². The Balaban J connectivity index is 3.05. The van der Waals surface area contributed by atoms with Crippen molar-refractivity contribution in [1.29, 1.82) is 0 Å². The first-order valence-corrected chi connectivity index (χ1v) is 10.3. The summed E-state index contributed by atoms with van der Waals surface area (Å²) in [7, 11) is 0. The third-order valence-electron chi connectivity index (χ3n) is 7.10. The Kier molecular flexibility index (Phi) is 7.95. The van der Waals surface area contributed by atoms with Crippen LogP contribution in [0.4, 0.5) is 0 Å². The highest BCUT2D eigenvalue weighted by atomic mass is 17.3. The van der Waals surface area contributed by atoms with Gasteiger partial charge in [0.15, 0.2) is 0 Å². The van der Waals surface area contributed by atoms with Crippen LogP contribution in [0.25, 0.3) is 0 Å². The van der Waals surface area contributed by atoms with Crippen molar-refractivity contribution in [3.63, 3.8) is 0 Å². The molecule has 1 aliphatic rings. The Morgan fingerprint density at radius 1 is 0.840 bits per heavy atom. The lowest BCUT2D eigenvalue weighted by Crippen LogP contribution is -2.56. The summed E-state index contributed by atoms with van der Waals surface area (Å²) in [5.74, 6) is -0.431. The third kappa shape index (κ3) is 4.97. The zero-order valence-electron chi connectivity index (χ0n) is 18.2. The average Bonchev–Trinajstić information content (AvgIpc) is 2.61. The van der Waals surface area contributed by atoms with Crippen LogP contribution in [-0.2, 0) is 19.6 Å². The highest BCUT2D eigenvalue weighted by Crippen LogP contribution is 2.51. The first kappa shape index (κ1) is 22.9. The molecule has 1 fully saturated rings.